The van der Waals surface area contributed by atoms with E-state index in [1.807, 2.05) is 0 Å². The minimum Gasteiger partial charge on any atom is -0.347 e. The normalized spacial score (nSPS) is 16.7. The second-order valence-corrected chi connectivity index (χ2v) is 14.9. The number of allylic oxidation sites excluding steroid dienone is 8. The third-order valence-electron chi connectivity index (χ3n) is 9.81. The predicted octanol–water partition coefficient (Wildman–Crippen LogP) is 14.2. The Labute approximate surface area is 301 Å². The van der Waals surface area contributed by atoms with E-state index in [2.05, 4.69) is 81.5 Å². The van der Waals surface area contributed by atoms with Crippen LogP contribution in [0.15, 0.2) is 48.6 Å². The van der Waals surface area contributed by atoms with Crippen molar-refractivity contribution in [2.75, 3.05) is 27.2 Å². The average Bonchev–Trinajstić information content (AvgIpc) is 3.49. The molecule has 1 saturated heterocycles. The maximum Gasteiger partial charge on any atom is 0.168 e. The summed E-state index contributed by atoms with van der Waals surface area (Å²) in [5, 5.41) is 0. The van der Waals surface area contributed by atoms with Crippen molar-refractivity contribution in [1.29, 1.82) is 0 Å². The number of ether oxygens (including phenoxy) is 2. The highest BCUT2D eigenvalue weighted by Crippen LogP contribution is 2.36. The van der Waals surface area contributed by atoms with Gasteiger partial charge in [-0.2, -0.15) is 0 Å². The van der Waals surface area contributed by atoms with Gasteiger partial charge in [-0.1, -0.05) is 140 Å². The van der Waals surface area contributed by atoms with Crippen LogP contribution in [-0.4, -0.2) is 44.0 Å². The van der Waals surface area contributed by atoms with Gasteiger partial charge >= 0.3 is 0 Å². The van der Waals surface area contributed by atoms with Crippen molar-refractivity contribution in [2.45, 2.75) is 212 Å². The van der Waals surface area contributed by atoms with Gasteiger partial charge in [-0.3, -0.25) is 0 Å². The molecule has 1 atom stereocenters. The van der Waals surface area contributed by atoms with Gasteiger partial charge in [0.15, 0.2) is 5.79 Å². The lowest BCUT2D eigenvalue weighted by Crippen LogP contribution is -2.31. The summed E-state index contributed by atoms with van der Waals surface area (Å²) in [5.41, 5.74) is 0. The first kappa shape index (κ1) is 44.9. The van der Waals surface area contributed by atoms with Crippen LogP contribution in [0.2, 0.25) is 0 Å². The molecule has 0 aliphatic carbocycles. The summed E-state index contributed by atoms with van der Waals surface area (Å²) in [7, 11) is 4.33. The average molecular weight is 670 g/mol. The van der Waals surface area contributed by atoms with E-state index in [0.717, 1.165) is 38.7 Å². The number of nitrogens with zero attached hydrogens (tertiary/aromatic N) is 1. The van der Waals surface area contributed by atoms with Crippen molar-refractivity contribution in [3.8, 4) is 0 Å². The van der Waals surface area contributed by atoms with E-state index in [0.29, 0.717) is 6.10 Å². The van der Waals surface area contributed by atoms with E-state index < -0.39 is 0 Å². The van der Waals surface area contributed by atoms with Crippen molar-refractivity contribution >= 4 is 0 Å². The molecule has 0 aromatic carbocycles. The van der Waals surface area contributed by atoms with Crippen LogP contribution in [0.4, 0.5) is 0 Å². The predicted molar refractivity (Wildman–Crippen MR) is 214 cm³/mol. The molecule has 1 rings (SSSR count). The van der Waals surface area contributed by atoms with Crippen LogP contribution in [0.3, 0.4) is 0 Å². The largest absolute Gasteiger partial charge is 0.347 e. The molecule has 280 valence electrons. The van der Waals surface area contributed by atoms with Gasteiger partial charge in [0.1, 0.15) is 0 Å². The van der Waals surface area contributed by atoms with Crippen LogP contribution in [0.5, 0.6) is 0 Å². The second kappa shape index (κ2) is 34.3. The van der Waals surface area contributed by atoms with Gasteiger partial charge in [0.2, 0.25) is 0 Å². The Kier molecular flexibility index (Phi) is 32.1. The van der Waals surface area contributed by atoms with E-state index in [4.69, 9.17) is 9.47 Å². The number of unbranched alkanes of at least 4 members (excludes halogenated alkanes) is 19. The van der Waals surface area contributed by atoms with E-state index in [9.17, 15) is 0 Å². The fourth-order valence-corrected chi connectivity index (χ4v) is 6.71. The minimum absolute atomic E-state index is 0.293. The highest BCUT2D eigenvalue weighted by atomic mass is 16.7. The molecular weight excluding hydrogens is 587 g/mol. The molecule has 3 nitrogen and oxygen atoms in total. The lowest BCUT2D eigenvalue weighted by Gasteiger charge is -2.28. The van der Waals surface area contributed by atoms with E-state index >= 15 is 0 Å². The van der Waals surface area contributed by atoms with E-state index in [-0.39, 0.29) is 5.79 Å². The molecule has 0 radical (unpaired) electrons. The second-order valence-electron chi connectivity index (χ2n) is 14.9. The van der Waals surface area contributed by atoms with Gasteiger partial charge in [-0.05, 0) is 117 Å². The molecule has 0 saturated carbocycles. The Hall–Kier alpha value is -1.16. The highest BCUT2D eigenvalue weighted by Gasteiger charge is 2.40. The maximum atomic E-state index is 6.74. The van der Waals surface area contributed by atoms with Crippen molar-refractivity contribution in [3.05, 3.63) is 48.6 Å². The lowest BCUT2D eigenvalue weighted by atomic mass is 9.98. The molecule has 48 heavy (non-hydrogen) atoms. The summed E-state index contributed by atoms with van der Waals surface area (Å²) >= 11 is 0. The van der Waals surface area contributed by atoms with Crippen LogP contribution in [0.25, 0.3) is 0 Å². The van der Waals surface area contributed by atoms with Gasteiger partial charge in [-0.15, -0.1) is 0 Å². The first-order chi connectivity index (χ1) is 23.6. The molecule has 0 spiro atoms. The van der Waals surface area contributed by atoms with Crippen molar-refractivity contribution in [2.24, 2.45) is 0 Å². The van der Waals surface area contributed by atoms with Crippen LogP contribution in [0, 0.1) is 0 Å². The van der Waals surface area contributed by atoms with Gasteiger partial charge in [0.05, 0.1) is 12.7 Å². The molecule has 1 heterocycles. The van der Waals surface area contributed by atoms with E-state index in [1.54, 1.807) is 0 Å². The third-order valence-corrected chi connectivity index (χ3v) is 9.81. The molecule has 1 unspecified atom stereocenters. The lowest BCUT2D eigenvalue weighted by molar-refractivity contribution is -0.180. The molecule has 3 heteroatoms. The fraction of sp³-hybridized carbons (Fsp3) is 0.822. The molecule has 1 fully saturated rings. The van der Waals surface area contributed by atoms with Gasteiger partial charge in [0.25, 0.3) is 0 Å². The Morgan fingerprint density at radius 1 is 0.500 bits per heavy atom. The highest BCUT2D eigenvalue weighted by molar-refractivity contribution is 4.93. The topological polar surface area (TPSA) is 21.7 Å². The minimum atomic E-state index is -0.309. The zero-order valence-corrected chi connectivity index (χ0v) is 32.9. The van der Waals surface area contributed by atoms with Crippen molar-refractivity contribution in [3.63, 3.8) is 0 Å². The van der Waals surface area contributed by atoms with Crippen LogP contribution < -0.4 is 0 Å². The monoisotopic (exact) mass is 670 g/mol. The third kappa shape index (κ3) is 28.7. The van der Waals surface area contributed by atoms with Gasteiger partial charge in [0, 0.05) is 12.8 Å². The summed E-state index contributed by atoms with van der Waals surface area (Å²) < 4.78 is 13.3. The molecule has 1 aliphatic rings. The summed E-state index contributed by atoms with van der Waals surface area (Å²) in [5.74, 6) is -0.309. The van der Waals surface area contributed by atoms with Crippen molar-refractivity contribution < 1.29 is 9.47 Å². The van der Waals surface area contributed by atoms with Gasteiger partial charge in [-0.25, -0.2) is 0 Å². The Morgan fingerprint density at radius 3 is 1.35 bits per heavy atom. The molecule has 1 aliphatic heterocycles. The smallest absolute Gasteiger partial charge is 0.168 e. The molecule has 0 N–H and O–H groups in total. The molecule has 0 amide bonds. The quantitative estimate of drug-likeness (QED) is 0.0495. The van der Waals surface area contributed by atoms with Gasteiger partial charge < -0.3 is 14.4 Å². The Balaban J connectivity index is 2.21. The standard InChI is InChI=1S/C45H83NO2/c1-5-7-9-11-13-15-17-19-21-23-25-27-29-31-33-36-40-45(47-43-44(48-45)39-35-38-42-46(3)4)41-37-34-32-30-28-26-24-22-20-18-16-14-12-10-8-6-2/h13-16,19-22,44H,5-12,17-18,23-43H2,1-4H3/b15-13-,16-14-,21-19-,22-20-. The SMILES string of the molecule is CCCCC/C=C\C/C=C\CCCCCCCCC1(CCCCCCCC/C=C\C/C=C\CCCCC)OCC(CCCCN(C)C)O1. The summed E-state index contributed by atoms with van der Waals surface area (Å²) in [6, 6.07) is 0. The molecule has 0 aromatic heterocycles. The first-order valence-electron chi connectivity index (χ1n) is 21.2. The van der Waals surface area contributed by atoms with E-state index in [1.165, 1.54) is 161 Å². The maximum absolute atomic E-state index is 6.74. The Morgan fingerprint density at radius 2 is 0.917 bits per heavy atom. The Bertz CT molecular complexity index is 734. The molecule has 0 bridgehead atoms. The first-order valence-corrected chi connectivity index (χ1v) is 21.2. The van der Waals surface area contributed by atoms with Crippen LogP contribution in [-0.2, 0) is 9.47 Å². The number of rotatable bonds is 35. The summed E-state index contributed by atoms with van der Waals surface area (Å²) in [6.45, 7) is 6.50. The number of hydrogen-bond donors (Lipinski definition) is 0. The zero-order valence-electron chi connectivity index (χ0n) is 32.9. The summed E-state index contributed by atoms with van der Waals surface area (Å²) in [4.78, 5) is 2.29. The zero-order chi connectivity index (χ0) is 34.6. The van der Waals surface area contributed by atoms with Crippen LogP contribution in [0.1, 0.15) is 200 Å². The number of hydrogen-bond acceptors (Lipinski definition) is 3. The van der Waals surface area contributed by atoms with Crippen LogP contribution >= 0.6 is 0 Å². The summed E-state index contributed by atoms with van der Waals surface area (Å²) in [6.07, 6.45) is 56.0. The molecular formula is C45H83NO2. The molecule has 0 aromatic rings. The van der Waals surface area contributed by atoms with Crippen molar-refractivity contribution in [1.82, 2.24) is 4.90 Å². The fourth-order valence-electron chi connectivity index (χ4n) is 6.71.